The van der Waals surface area contributed by atoms with Crippen molar-refractivity contribution < 1.29 is 9.53 Å². The zero-order valence-corrected chi connectivity index (χ0v) is 15.0. The summed E-state index contributed by atoms with van der Waals surface area (Å²) in [6.07, 6.45) is 2.89. The first-order chi connectivity index (χ1) is 12.6. The van der Waals surface area contributed by atoms with Crippen LogP contribution in [0.25, 0.3) is 0 Å². The van der Waals surface area contributed by atoms with Crippen molar-refractivity contribution >= 4 is 34.7 Å². The van der Waals surface area contributed by atoms with Crippen LogP contribution < -0.4 is 15.4 Å². The first-order valence-electron chi connectivity index (χ1n) is 7.86. The predicted molar refractivity (Wildman–Crippen MR) is 102 cm³/mol. The SMILES string of the molecule is COc1ccc(C)cc1Nc1cnc(C(=O)Nc2ccccc2Cl)cn1. The van der Waals surface area contributed by atoms with Gasteiger partial charge in [-0.3, -0.25) is 4.79 Å². The number of rotatable bonds is 5. The summed E-state index contributed by atoms with van der Waals surface area (Å²) in [5.41, 5.74) is 2.56. The van der Waals surface area contributed by atoms with E-state index in [-0.39, 0.29) is 11.6 Å². The van der Waals surface area contributed by atoms with Crippen LogP contribution >= 0.6 is 11.6 Å². The standard InChI is InChI=1S/C19H17ClN4O2/c1-12-7-8-17(26-2)15(9-12)23-18-11-21-16(10-22-18)19(25)24-14-6-4-3-5-13(14)20/h3-11H,1-2H3,(H,22,23)(H,24,25). The number of benzene rings is 2. The number of methoxy groups -OCH3 is 1. The van der Waals surface area contributed by atoms with Gasteiger partial charge in [-0.1, -0.05) is 29.8 Å². The topological polar surface area (TPSA) is 76.1 Å². The van der Waals surface area contributed by atoms with Gasteiger partial charge in [0.15, 0.2) is 0 Å². The van der Waals surface area contributed by atoms with Crippen molar-refractivity contribution in [1.29, 1.82) is 0 Å². The van der Waals surface area contributed by atoms with Gasteiger partial charge < -0.3 is 15.4 Å². The van der Waals surface area contributed by atoms with Gasteiger partial charge >= 0.3 is 0 Å². The molecule has 3 aromatic rings. The fourth-order valence-corrected chi connectivity index (χ4v) is 2.50. The van der Waals surface area contributed by atoms with Crippen LogP contribution in [-0.4, -0.2) is 23.0 Å². The minimum Gasteiger partial charge on any atom is -0.495 e. The molecule has 132 valence electrons. The fraction of sp³-hybridized carbons (Fsp3) is 0.105. The van der Waals surface area contributed by atoms with Crippen LogP contribution in [0.15, 0.2) is 54.9 Å². The van der Waals surface area contributed by atoms with Crippen molar-refractivity contribution in [3.8, 4) is 5.75 Å². The summed E-state index contributed by atoms with van der Waals surface area (Å²) < 4.78 is 5.32. The molecule has 0 aliphatic carbocycles. The molecule has 1 aromatic heterocycles. The molecule has 0 spiro atoms. The quantitative estimate of drug-likeness (QED) is 0.696. The number of aromatic nitrogens is 2. The zero-order chi connectivity index (χ0) is 18.5. The van der Waals surface area contributed by atoms with Crippen LogP contribution in [0.3, 0.4) is 0 Å². The number of halogens is 1. The second-order valence-electron chi connectivity index (χ2n) is 5.55. The smallest absolute Gasteiger partial charge is 0.275 e. The Morgan fingerprint density at radius 3 is 2.58 bits per heavy atom. The van der Waals surface area contributed by atoms with E-state index in [0.717, 1.165) is 11.3 Å². The van der Waals surface area contributed by atoms with Crippen molar-refractivity contribution in [2.45, 2.75) is 6.92 Å². The minimum atomic E-state index is -0.384. The van der Waals surface area contributed by atoms with E-state index in [4.69, 9.17) is 16.3 Å². The molecule has 0 saturated carbocycles. The highest BCUT2D eigenvalue weighted by molar-refractivity contribution is 6.33. The van der Waals surface area contributed by atoms with Gasteiger partial charge in [0, 0.05) is 0 Å². The third-order valence-electron chi connectivity index (χ3n) is 3.62. The van der Waals surface area contributed by atoms with Gasteiger partial charge in [0.05, 0.1) is 35.9 Å². The summed E-state index contributed by atoms with van der Waals surface area (Å²) in [6.45, 7) is 1.98. The van der Waals surface area contributed by atoms with Gasteiger partial charge in [0.2, 0.25) is 0 Å². The summed E-state index contributed by atoms with van der Waals surface area (Å²) in [6, 6.07) is 12.8. The zero-order valence-electron chi connectivity index (χ0n) is 14.3. The van der Waals surface area contributed by atoms with E-state index >= 15 is 0 Å². The van der Waals surface area contributed by atoms with E-state index < -0.39 is 0 Å². The molecule has 0 bridgehead atoms. The molecule has 0 aliphatic rings. The van der Waals surface area contributed by atoms with Crippen LogP contribution in [-0.2, 0) is 0 Å². The number of nitrogens with zero attached hydrogens (tertiary/aromatic N) is 2. The first kappa shape index (κ1) is 17.7. The number of carbonyl (C=O) groups is 1. The van der Waals surface area contributed by atoms with Crippen molar-refractivity contribution in [1.82, 2.24) is 9.97 Å². The van der Waals surface area contributed by atoms with Crippen molar-refractivity contribution in [3.05, 3.63) is 71.1 Å². The summed E-state index contributed by atoms with van der Waals surface area (Å²) in [5.74, 6) is 0.811. The molecule has 1 amide bonds. The lowest BCUT2D eigenvalue weighted by molar-refractivity contribution is 0.102. The predicted octanol–water partition coefficient (Wildman–Crippen LogP) is 4.44. The van der Waals surface area contributed by atoms with E-state index in [2.05, 4.69) is 20.6 Å². The Morgan fingerprint density at radius 1 is 1.08 bits per heavy atom. The molecule has 1 heterocycles. The number of anilines is 3. The van der Waals surface area contributed by atoms with E-state index in [1.807, 2.05) is 25.1 Å². The Hall–Kier alpha value is -3.12. The van der Waals surface area contributed by atoms with Gasteiger partial charge in [0.1, 0.15) is 17.3 Å². The highest BCUT2D eigenvalue weighted by atomic mass is 35.5. The Kier molecular flexibility index (Phi) is 5.34. The van der Waals surface area contributed by atoms with Gasteiger partial charge in [-0.05, 0) is 36.8 Å². The normalized spacial score (nSPS) is 10.3. The lowest BCUT2D eigenvalue weighted by Crippen LogP contribution is -2.14. The van der Waals surface area contributed by atoms with Crippen molar-refractivity contribution in [2.75, 3.05) is 17.7 Å². The maximum atomic E-state index is 12.3. The van der Waals surface area contributed by atoms with Crippen LogP contribution in [0.2, 0.25) is 5.02 Å². The number of hydrogen-bond acceptors (Lipinski definition) is 5. The molecular formula is C19H17ClN4O2. The summed E-state index contributed by atoms with van der Waals surface area (Å²) >= 11 is 6.04. The van der Waals surface area contributed by atoms with Gasteiger partial charge in [0.25, 0.3) is 5.91 Å². The molecule has 0 atom stereocenters. The van der Waals surface area contributed by atoms with E-state index in [1.165, 1.54) is 12.4 Å². The maximum absolute atomic E-state index is 12.3. The number of para-hydroxylation sites is 1. The number of amides is 1. The molecule has 2 N–H and O–H groups in total. The fourth-order valence-electron chi connectivity index (χ4n) is 2.32. The summed E-state index contributed by atoms with van der Waals surface area (Å²) in [7, 11) is 1.60. The third-order valence-corrected chi connectivity index (χ3v) is 3.95. The molecule has 0 radical (unpaired) electrons. The van der Waals surface area contributed by atoms with Gasteiger partial charge in [-0.15, -0.1) is 0 Å². The monoisotopic (exact) mass is 368 g/mol. The van der Waals surface area contributed by atoms with Gasteiger partial charge in [-0.2, -0.15) is 0 Å². The lowest BCUT2D eigenvalue weighted by atomic mass is 10.2. The number of aryl methyl sites for hydroxylation is 1. The first-order valence-corrected chi connectivity index (χ1v) is 8.24. The van der Waals surface area contributed by atoms with Crippen LogP contribution in [0.4, 0.5) is 17.2 Å². The van der Waals surface area contributed by atoms with E-state index in [9.17, 15) is 4.79 Å². The van der Waals surface area contributed by atoms with E-state index in [1.54, 1.807) is 31.4 Å². The molecule has 0 saturated heterocycles. The number of nitrogens with one attached hydrogen (secondary N) is 2. The Labute approximate surface area is 156 Å². The second kappa shape index (κ2) is 7.84. The summed E-state index contributed by atoms with van der Waals surface area (Å²) in [4.78, 5) is 20.7. The van der Waals surface area contributed by atoms with Crippen molar-refractivity contribution in [3.63, 3.8) is 0 Å². The molecular weight excluding hydrogens is 352 g/mol. The van der Waals surface area contributed by atoms with Crippen LogP contribution in [0.1, 0.15) is 16.1 Å². The minimum absolute atomic E-state index is 0.187. The molecule has 3 rings (SSSR count). The molecule has 7 heteroatoms. The average Bonchev–Trinajstić information content (AvgIpc) is 2.64. The molecule has 0 fully saturated rings. The number of ether oxygens (including phenoxy) is 1. The molecule has 6 nitrogen and oxygen atoms in total. The number of carbonyl (C=O) groups excluding carboxylic acids is 1. The van der Waals surface area contributed by atoms with Crippen LogP contribution in [0.5, 0.6) is 5.75 Å². The Bertz CT molecular complexity index is 929. The largest absolute Gasteiger partial charge is 0.495 e. The highest BCUT2D eigenvalue weighted by Gasteiger charge is 2.11. The number of hydrogen-bond donors (Lipinski definition) is 2. The molecule has 26 heavy (non-hydrogen) atoms. The van der Waals surface area contributed by atoms with Gasteiger partial charge in [-0.25, -0.2) is 9.97 Å². The average molecular weight is 369 g/mol. The second-order valence-corrected chi connectivity index (χ2v) is 5.96. The Balaban J connectivity index is 1.73. The Morgan fingerprint density at radius 2 is 1.88 bits per heavy atom. The molecule has 0 aliphatic heterocycles. The molecule has 2 aromatic carbocycles. The highest BCUT2D eigenvalue weighted by Crippen LogP contribution is 2.27. The molecule has 0 unspecified atom stereocenters. The van der Waals surface area contributed by atoms with Crippen molar-refractivity contribution in [2.24, 2.45) is 0 Å². The third kappa shape index (κ3) is 4.10. The maximum Gasteiger partial charge on any atom is 0.275 e. The summed E-state index contributed by atoms with van der Waals surface area (Å²) in [5, 5.41) is 6.30. The van der Waals surface area contributed by atoms with Crippen LogP contribution in [0, 0.1) is 6.92 Å². The lowest BCUT2D eigenvalue weighted by Gasteiger charge is -2.11. The van der Waals surface area contributed by atoms with E-state index in [0.29, 0.717) is 22.3 Å².